The third-order valence-corrected chi connectivity index (χ3v) is 4.69. The largest absolute Gasteiger partial charge is 0.465 e. The molecular formula is C18H20N8O2S. The zero-order valence-electron chi connectivity index (χ0n) is 15.5. The van der Waals surface area contributed by atoms with E-state index in [4.69, 9.17) is 17.3 Å². The number of fused-ring (bicyclic) bond motifs is 1. The number of carboxylic acid groups (broad SMARTS) is 1. The Morgan fingerprint density at radius 1 is 1.24 bits per heavy atom. The highest BCUT2D eigenvalue weighted by Crippen LogP contribution is 2.27. The molecule has 10 nitrogen and oxygen atoms in total. The van der Waals surface area contributed by atoms with E-state index in [1.165, 1.54) is 12.8 Å². The van der Waals surface area contributed by atoms with Crippen LogP contribution in [0.5, 0.6) is 0 Å². The quantitative estimate of drug-likeness (QED) is 0.430. The van der Waals surface area contributed by atoms with Crippen molar-refractivity contribution in [3.63, 3.8) is 0 Å². The number of nitrogens with zero attached hydrogens (tertiary/aromatic N) is 5. The van der Waals surface area contributed by atoms with E-state index in [9.17, 15) is 4.79 Å². The average molecular weight is 412 g/mol. The van der Waals surface area contributed by atoms with Crippen LogP contribution in [-0.2, 0) is 6.54 Å². The van der Waals surface area contributed by atoms with Gasteiger partial charge in [0.2, 0.25) is 0 Å². The Morgan fingerprint density at radius 3 is 2.90 bits per heavy atom. The lowest BCUT2D eigenvalue weighted by atomic mass is 10.2. The molecule has 4 N–H and O–H groups in total. The number of anilines is 1. The number of pyridine rings is 1. The van der Waals surface area contributed by atoms with Gasteiger partial charge in [0.05, 0.1) is 24.6 Å². The lowest BCUT2D eigenvalue weighted by Gasteiger charge is -2.09. The summed E-state index contributed by atoms with van der Waals surface area (Å²) in [6.07, 6.45) is 6.57. The Hall–Kier alpha value is -3.34. The van der Waals surface area contributed by atoms with E-state index in [-0.39, 0.29) is 6.54 Å². The predicted molar refractivity (Wildman–Crippen MR) is 112 cm³/mol. The molecule has 0 atom stereocenters. The van der Waals surface area contributed by atoms with Crippen LogP contribution < -0.4 is 16.0 Å². The molecule has 0 saturated heterocycles. The summed E-state index contributed by atoms with van der Waals surface area (Å²) in [5.74, 6) is 1.33. The van der Waals surface area contributed by atoms with Gasteiger partial charge in [0.25, 0.3) is 0 Å². The van der Waals surface area contributed by atoms with Crippen LogP contribution in [-0.4, -0.2) is 54.1 Å². The van der Waals surface area contributed by atoms with Gasteiger partial charge >= 0.3 is 6.09 Å². The Kier molecular flexibility index (Phi) is 5.47. The second-order valence-electron chi connectivity index (χ2n) is 6.80. The molecule has 3 aromatic rings. The van der Waals surface area contributed by atoms with Gasteiger partial charge in [-0.25, -0.2) is 14.8 Å². The first-order chi connectivity index (χ1) is 14.1. The lowest BCUT2D eigenvalue weighted by Crippen LogP contribution is -2.30. The van der Waals surface area contributed by atoms with Gasteiger partial charge < -0.3 is 21.1 Å². The van der Waals surface area contributed by atoms with Gasteiger partial charge in [-0.3, -0.25) is 9.67 Å². The van der Waals surface area contributed by atoms with Crippen molar-refractivity contribution < 1.29 is 9.90 Å². The van der Waals surface area contributed by atoms with Gasteiger partial charge in [-0.2, -0.15) is 5.10 Å². The van der Waals surface area contributed by atoms with Crippen LogP contribution in [0.3, 0.4) is 0 Å². The van der Waals surface area contributed by atoms with E-state index in [0.717, 1.165) is 18.0 Å². The molecule has 1 aliphatic carbocycles. The van der Waals surface area contributed by atoms with Crippen molar-refractivity contribution in [3.05, 3.63) is 30.7 Å². The van der Waals surface area contributed by atoms with Crippen molar-refractivity contribution in [3.8, 4) is 11.3 Å². The van der Waals surface area contributed by atoms with Gasteiger partial charge in [-0.05, 0) is 43.1 Å². The molecule has 0 spiro atoms. The predicted octanol–water partition coefficient (Wildman–Crippen LogP) is 1.85. The molecule has 0 aliphatic heterocycles. The highest BCUT2D eigenvalue weighted by atomic mass is 32.1. The minimum absolute atomic E-state index is 0.269. The fraction of sp³-hybridized carbons (Fsp3) is 0.333. The number of hydrogen-bond acceptors (Lipinski definition) is 6. The summed E-state index contributed by atoms with van der Waals surface area (Å²) in [4.78, 5) is 24.0. The molecule has 0 bridgehead atoms. The summed E-state index contributed by atoms with van der Waals surface area (Å²) in [5.41, 5.74) is 2.58. The van der Waals surface area contributed by atoms with Crippen LogP contribution in [0.15, 0.2) is 30.7 Å². The van der Waals surface area contributed by atoms with Crippen LogP contribution in [0, 0.1) is 5.92 Å². The lowest BCUT2D eigenvalue weighted by molar-refractivity contribution is 0.194. The summed E-state index contributed by atoms with van der Waals surface area (Å²) < 4.78 is 1.65. The van der Waals surface area contributed by atoms with Gasteiger partial charge in [0.15, 0.2) is 10.8 Å². The van der Waals surface area contributed by atoms with Gasteiger partial charge in [-0.15, -0.1) is 0 Å². The number of aromatic nitrogens is 5. The third kappa shape index (κ3) is 5.13. The smallest absolute Gasteiger partial charge is 0.404 e. The van der Waals surface area contributed by atoms with Gasteiger partial charge in [0.1, 0.15) is 11.3 Å². The fourth-order valence-electron chi connectivity index (χ4n) is 2.72. The van der Waals surface area contributed by atoms with Crippen LogP contribution in [0.25, 0.3) is 22.4 Å². The molecule has 3 heterocycles. The maximum absolute atomic E-state index is 10.5. The zero-order valence-corrected chi connectivity index (χ0v) is 16.3. The van der Waals surface area contributed by atoms with Gasteiger partial charge in [0, 0.05) is 24.8 Å². The first-order valence-electron chi connectivity index (χ1n) is 9.25. The normalized spacial score (nSPS) is 13.2. The minimum atomic E-state index is -1.06. The average Bonchev–Trinajstić information content (AvgIpc) is 3.42. The molecule has 0 radical (unpaired) electrons. The summed E-state index contributed by atoms with van der Waals surface area (Å²) in [7, 11) is 0. The first kappa shape index (κ1) is 19.0. The maximum Gasteiger partial charge on any atom is 0.404 e. The molecule has 1 aliphatic rings. The summed E-state index contributed by atoms with van der Waals surface area (Å²) >= 11 is 5.31. The summed E-state index contributed by atoms with van der Waals surface area (Å²) in [6, 6.07) is 3.65. The molecule has 11 heteroatoms. The van der Waals surface area contributed by atoms with E-state index >= 15 is 0 Å². The zero-order chi connectivity index (χ0) is 20.2. The molecule has 4 rings (SSSR count). The fourth-order valence-corrected chi connectivity index (χ4v) is 2.91. The topological polar surface area (TPSA) is 130 Å². The van der Waals surface area contributed by atoms with Crippen molar-refractivity contribution in [1.82, 2.24) is 35.4 Å². The summed E-state index contributed by atoms with van der Waals surface area (Å²) in [6.45, 7) is 1.57. The van der Waals surface area contributed by atoms with Crippen molar-refractivity contribution >= 4 is 40.4 Å². The van der Waals surface area contributed by atoms with Crippen LogP contribution in [0.1, 0.15) is 12.8 Å². The number of thiocarbonyl (C=S) groups is 1. The van der Waals surface area contributed by atoms with E-state index in [1.54, 1.807) is 23.3 Å². The SMILES string of the molecule is O=C(O)NCCn1cc(-c2cnc3ccc(NC(=S)NCC4CC4)nc3n2)cn1. The Bertz CT molecular complexity index is 1050. The monoisotopic (exact) mass is 412 g/mol. The summed E-state index contributed by atoms with van der Waals surface area (Å²) in [5, 5.41) is 22.0. The Balaban J connectivity index is 1.45. The number of hydrogen-bond donors (Lipinski definition) is 4. The third-order valence-electron chi connectivity index (χ3n) is 4.44. The minimum Gasteiger partial charge on any atom is -0.465 e. The number of rotatable bonds is 7. The highest BCUT2D eigenvalue weighted by Gasteiger charge is 2.21. The molecule has 150 valence electrons. The van der Waals surface area contributed by atoms with Crippen molar-refractivity contribution in [2.75, 3.05) is 18.4 Å². The molecule has 0 aromatic carbocycles. The van der Waals surface area contributed by atoms with Crippen molar-refractivity contribution in [2.45, 2.75) is 19.4 Å². The van der Waals surface area contributed by atoms with Gasteiger partial charge in [-0.1, -0.05) is 0 Å². The van der Waals surface area contributed by atoms with E-state index in [0.29, 0.717) is 34.3 Å². The Morgan fingerprint density at radius 2 is 2.10 bits per heavy atom. The van der Waals surface area contributed by atoms with Crippen molar-refractivity contribution in [2.24, 2.45) is 5.92 Å². The molecule has 3 aromatic heterocycles. The molecule has 1 saturated carbocycles. The molecular weight excluding hydrogens is 392 g/mol. The first-order valence-corrected chi connectivity index (χ1v) is 9.66. The number of amides is 1. The van der Waals surface area contributed by atoms with Crippen LogP contribution >= 0.6 is 12.2 Å². The highest BCUT2D eigenvalue weighted by molar-refractivity contribution is 7.80. The van der Waals surface area contributed by atoms with E-state index in [1.807, 2.05) is 12.1 Å². The number of nitrogens with one attached hydrogen (secondary N) is 3. The second-order valence-corrected chi connectivity index (χ2v) is 7.21. The van der Waals surface area contributed by atoms with Crippen LogP contribution in [0.4, 0.5) is 10.6 Å². The molecule has 29 heavy (non-hydrogen) atoms. The molecule has 1 amide bonds. The Labute approximate surface area is 171 Å². The van der Waals surface area contributed by atoms with Crippen LogP contribution in [0.2, 0.25) is 0 Å². The maximum atomic E-state index is 10.5. The van der Waals surface area contributed by atoms with E-state index in [2.05, 4.69) is 36.0 Å². The van der Waals surface area contributed by atoms with Crippen molar-refractivity contribution in [1.29, 1.82) is 0 Å². The molecule has 0 unspecified atom stereocenters. The standard InChI is InChI=1S/C18H20N8O2S/c27-18(28)19-5-6-26-10-12(8-22-26)14-9-20-13-3-4-15(24-16(13)23-14)25-17(29)21-7-11-1-2-11/h3-4,8-11,19H,1-2,5-7H2,(H,27,28)(H2,21,23,24,25,29). The second kappa shape index (κ2) is 8.35. The molecule has 1 fully saturated rings. The number of carbonyl (C=O) groups is 1. The van der Waals surface area contributed by atoms with E-state index < -0.39 is 6.09 Å².